The number of rotatable bonds is 7. The van der Waals surface area contributed by atoms with Crippen molar-refractivity contribution in [3.8, 4) is 0 Å². The smallest absolute Gasteiger partial charge is 0.341 e. The van der Waals surface area contributed by atoms with Crippen LogP contribution in [0.15, 0.2) is 59.5 Å². The minimum Gasteiger partial charge on any atom is -0.465 e. The number of hydrogen-bond donors (Lipinski definition) is 3. The van der Waals surface area contributed by atoms with E-state index in [-0.39, 0.29) is 16.6 Å². The standard InChI is InChI=1S/C30H35N3O3S3/c1-18(38-22-13-9-12-21(17-22)32-29(37)31-20-10-7-6-8-11-20)26(34)33-27-25(28(35)36-5)23-15-14-19(30(2,3)4)16-24(23)39-27/h6-13,17-19H,14-16H2,1-5H3,(H,33,34)(H2,31,32,37). The van der Waals surface area contributed by atoms with Crippen LogP contribution >= 0.6 is 35.3 Å². The maximum atomic E-state index is 13.3. The number of hydrogen-bond acceptors (Lipinski definition) is 6. The van der Waals surface area contributed by atoms with Crippen molar-refractivity contribution in [2.75, 3.05) is 23.1 Å². The summed E-state index contributed by atoms with van der Waals surface area (Å²) in [4.78, 5) is 28.1. The summed E-state index contributed by atoms with van der Waals surface area (Å²) in [7, 11) is 1.39. The summed E-state index contributed by atoms with van der Waals surface area (Å²) >= 11 is 8.40. The lowest BCUT2D eigenvalue weighted by Crippen LogP contribution is -2.26. The third-order valence-electron chi connectivity index (χ3n) is 6.92. The zero-order chi connectivity index (χ0) is 28.2. The van der Waals surface area contributed by atoms with Crippen LogP contribution in [0.25, 0.3) is 0 Å². The molecule has 2 atom stereocenters. The van der Waals surface area contributed by atoms with E-state index in [0.717, 1.165) is 41.1 Å². The van der Waals surface area contributed by atoms with Crippen molar-refractivity contribution in [2.24, 2.45) is 11.3 Å². The van der Waals surface area contributed by atoms with Gasteiger partial charge in [-0.1, -0.05) is 45.0 Å². The normalized spacial score (nSPS) is 15.6. The summed E-state index contributed by atoms with van der Waals surface area (Å²) in [6, 6.07) is 17.5. The average molecular weight is 582 g/mol. The number of nitrogens with one attached hydrogen (secondary N) is 3. The number of ether oxygens (including phenoxy) is 1. The number of para-hydroxylation sites is 1. The topological polar surface area (TPSA) is 79.5 Å². The highest BCUT2D eigenvalue weighted by Crippen LogP contribution is 2.44. The van der Waals surface area contributed by atoms with Gasteiger partial charge in [-0.15, -0.1) is 23.1 Å². The number of esters is 1. The van der Waals surface area contributed by atoms with Gasteiger partial charge in [0.1, 0.15) is 5.00 Å². The predicted octanol–water partition coefficient (Wildman–Crippen LogP) is 7.61. The zero-order valence-corrected chi connectivity index (χ0v) is 25.4. The number of benzene rings is 2. The molecule has 1 amide bonds. The number of fused-ring (bicyclic) bond motifs is 1. The second kappa shape index (κ2) is 12.5. The minimum atomic E-state index is -0.392. The Kier molecular flexibility index (Phi) is 9.35. The molecule has 39 heavy (non-hydrogen) atoms. The molecular formula is C30H35N3O3S3. The molecule has 9 heteroatoms. The summed E-state index contributed by atoms with van der Waals surface area (Å²) < 4.78 is 5.10. The lowest BCUT2D eigenvalue weighted by atomic mass is 9.72. The van der Waals surface area contributed by atoms with Gasteiger partial charge in [0.05, 0.1) is 17.9 Å². The largest absolute Gasteiger partial charge is 0.465 e. The number of carbonyl (C=O) groups excluding carboxylic acids is 2. The summed E-state index contributed by atoms with van der Waals surface area (Å²) in [5.41, 5.74) is 3.46. The highest BCUT2D eigenvalue weighted by atomic mass is 32.2. The van der Waals surface area contributed by atoms with Crippen molar-refractivity contribution in [1.82, 2.24) is 0 Å². The van der Waals surface area contributed by atoms with Crippen molar-refractivity contribution in [1.29, 1.82) is 0 Å². The van der Waals surface area contributed by atoms with Crippen LogP contribution in [-0.2, 0) is 22.4 Å². The summed E-state index contributed by atoms with van der Waals surface area (Å²) in [5.74, 6) is -0.0178. The molecule has 1 heterocycles. The first-order chi connectivity index (χ1) is 18.5. The van der Waals surface area contributed by atoms with Crippen LogP contribution in [0.1, 0.15) is 54.9 Å². The highest BCUT2D eigenvalue weighted by Gasteiger charge is 2.34. The summed E-state index contributed by atoms with van der Waals surface area (Å²) in [6.45, 7) is 8.65. The second-order valence-corrected chi connectivity index (χ2v) is 13.7. The van der Waals surface area contributed by atoms with Crippen molar-refractivity contribution >= 4 is 68.7 Å². The van der Waals surface area contributed by atoms with Crippen molar-refractivity contribution in [3.63, 3.8) is 0 Å². The number of carbonyl (C=O) groups is 2. The van der Waals surface area contributed by atoms with Gasteiger partial charge in [-0.05, 0) is 85.6 Å². The van der Waals surface area contributed by atoms with Gasteiger partial charge in [-0.2, -0.15) is 0 Å². The van der Waals surface area contributed by atoms with E-state index < -0.39 is 5.97 Å². The number of thioether (sulfide) groups is 1. The van der Waals surface area contributed by atoms with E-state index in [1.165, 1.54) is 35.1 Å². The first kappa shape index (κ1) is 29.1. The van der Waals surface area contributed by atoms with Gasteiger partial charge in [0.25, 0.3) is 0 Å². The lowest BCUT2D eigenvalue weighted by molar-refractivity contribution is -0.115. The van der Waals surface area contributed by atoms with Gasteiger partial charge in [0.2, 0.25) is 5.91 Å². The fraction of sp³-hybridized carbons (Fsp3) is 0.367. The molecule has 4 rings (SSSR count). The van der Waals surface area contributed by atoms with Crippen molar-refractivity contribution in [2.45, 2.75) is 57.1 Å². The van der Waals surface area contributed by atoms with Crippen LogP contribution < -0.4 is 16.0 Å². The monoisotopic (exact) mass is 581 g/mol. The Bertz CT molecular complexity index is 1350. The molecule has 206 valence electrons. The Morgan fingerprint density at radius 1 is 1.05 bits per heavy atom. The maximum Gasteiger partial charge on any atom is 0.341 e. The quantitative estimate of drug-likeness (QED) is 0.151. The number of anilines is 3. The molecule has 1 aliphatic carbocycles. The zero-order valence-electron chi connectivity index (χ0n) is 22.9. The van der Waals surface area contributed by atoms with Crippen LogP contribution in [0.4, 0.5) is 16.4 Å². The van der Waals surface area contributed by atoms with Crippen LogP contribution in [0.2, 0.25) is 0 Å². The molecule has 0 radical (unpaired) electrons. The fourth-order valence-corrected chi connectivity index (χ4v) is 7.14. The summed E-state index contributed by atoms with van der Waals surface area (Å²) in [6.07, 6.45) is 2.75. The fourth-order valence-electron chi connectivity index (χ4n) is 4.66. The molecule has 6 nitrogen and oxygen atoms in total. The van der Waals surface area contributed by atoms with E-state index >= 15 is 0 Å². The highest BCUT2D eigenvalue weighted by molar-refractivity contribution is 8.00. The van der Waals surface area contributed by atoms with Gasteiger partial charge in [-0.3, -0.25) is 4.79 Å². The van der Waals surface area contributed by atoms with Gasteiger partial charge in [0.15, 0.2) is 5.11 Å². The molecule has 1 aromatic heterocycles. The van der Waals surface area contributed by atoms with Crippen molar-refractivity contribution in [3.05, 3.63) is 70.6 Å². The Morgan fingerprint density at radius 3 is 2.44 bits per heavy atom. The third-order valence-corrected chi connectivity index (χ3v) is 9.39. The third kappa shape index (κ3) is 7.41. The Labute approximate surface area is 244 Å². The molecule has 2 unspecified atom stereocenters. The number of thiophene rings is 1. The van der Waals surface area contributed by atoms with Gasteiger partial charge in [0, 0.05) is 21.1 Å². The van der Waals surface area contributed by atoms with Crippen LogP contribution in [-0.4, -0.2) is 29.3 Å². The lowest BCUT2D eigenvalue weighted by Gasteiger charge is -2.33. The first-order valence-corrected chi connectivity index (χ1v) is 15.1. The maximum absolute atomic E-state index is 13.3. The molecule has 2 aromatic carbocycles. The molecule has 0 aliphatic heterocycles. The molecule has 0 saturated carbocycles. The van der Waals surface area contributed by atoms with E-state index in [2.05, 4.69) is 36.7 Å². The van der Waals surface area contributed by atoms with Gasteiger partial charge in [-0.25, -0.2) is 4.79 Å². The molecule has 3 N–H and O–H groups in total. The molecule has 0 saturated heterocycles. The van der Waals surface area contributed by atoms with E-state index in [4.69, 9.17) is 17.0 Å². The number of thiocarbonyl (C=S) groups is 1. The van der Waals surface area contributed by atoms with Gasteiger partial charge < -0.3 is 20.7 Å². The van der Waals surface area contributed by atoms with E-state index in [0.29, 0.717) is 21.6 Å². The minimum absolute atomic E-state index is 0.157. The molecular weight excluding hydrogens is 547 g/mol. The predicted molar refractivity (Wildman–Crippen MR) is 167 cm³/mol. The van der Waals surface area contributed by atoms with Crippen molar-refractivity contribution < 1.29 is 14.3 Å². The molecule has 0 spiro atoms. The summed E-state index contributed by atoms with van der Waals surface area (Å²) in [5, 5.41) is 10.1. The first-order valence-electron chi connectivity index (χ1n) is 13.0. The number of amides is 1. The Hall–Kier alpha value is -2.88. The molecule has 3 aromatic rings. The van der Waals surface area contributed by atoms with E-state index in [1.54, 1.807) is 0 Å². The van der Waals surface area contributed by atoms with E-state index in [9.17, 15) is 9.59 Å². The van der Waals surface area contributed by atoms with Crippen LogP contribution in [0, 0.1) is 11.3 Å². The van der Waals surface area contributed by atoms with E-state index in [1.807, 2.05) is 61.5 Å². The SMILES string of the molecule is COC(=O)c1c(NC(=O)C(C)Sc2cccc(NC(=S)Nc3ccccc3)c2)sc2c1CCC(C(C)(C)C)C2. The van der Waals surface area contributed by atoms with Crippen LogP contribution in [0.3, 0.4) is 0 Å². The Morgan fingerprint density at radius 2 is 1.74 bits per heavy atom. The Balaban J connectivity index is 1.43. The number of methoxy groups -OCH3 is 1. The molecule has 1 aliphatic rings. The average Bonchev–Trinajstić information content (AvgIpc) is 3.25. The van der Waals surface area contributed by atoms with Gasteiger partial charge >= 0.3 is 5.97 Å². The molecule has 0 bridgehead atoms. The van der Waals surface area contributed by atoms with Crippen LogP contribution in [0.5, 0.6) is 0 Å². The molecule has 0 fully saturated rings. The second-order valence-electron chi connectivity index (χ2n) is 10.7.